The van der Waals surface area contributed by atoms with E-state index in [9.17, 15) is 0 Å². The summed E-state index contributed by atoms with van der Waals surface area (Å²) in [6, 6.07) is 14.7. The molecule has 2 aromatic carbocycles. The molecular formula is C21H28N2O3. The second-order valence-electron chi connectivity index (χ2n) is 6.33. The standard InChI is InChI=1S/C21H28N2O3/c1-3-12-26-20-9-4-17(15-21(20)24-2)16-22-18-5-7-19(8-6-18)23-10-13-25-14-11-23/h4-9,15,22H,3,10-14,16H2,1-2H3. The predicted octanol–water partition coefficient (Wildman–Crippen LogP) is 3.93. The maximum absolute atomic E-state index is 5.71. The SMILES string of the molecule is CCCOc1ccc(CNc2ccc(N3CCOCC3)cc2)cc1OC. The van der Waals surface area contributed by atoms with Crippen LogP contribution in [0.25, 0.3) is 0 Å². The molecule has 26 heavy (non-hydrogen) atoms. The van der Waals surface area contributed by atoms with Crippen LogP contribution >= 0.6 is 0 Å². The van der Waals surface area contributed by atoms with E-state index < -0.39 is 0 Å². The van der Waals surface area contributed by atoms with Crippen LogP contribution in [0.15, 0.2) is 42.5 Å². The van der Waals surface area contributed by atoms with Crippen molar-refractivity contribution in [2.24, 2.45) is 0 Å². The molecule has 0 aromatic heterocycles. The van der Waals surface area contributed by atoms with E-state index in [4.69, 9.17) is 14.2 Å². The topological polar surface area (TPSA) is 43.0 Å². The zero-order valence-corrected chi connectivity index (χ0v) is 15.7. The van der Waals surface area contributed by atoms with Crippen molar-refractivity contribution >= 4 is 11.4 Å². The molecule has 0 saturated carbocycles. The van der Waals surface area contributed by atoms with Crippen molar-refractivity contribution < 1.29 is 14.2 Å². The van der Waals surface area contributed by atoms with Crippen LogP contribution in [0.4, 0.5) is 11.4 Å². The average molecular weight is 356 g/mol. The summed E-state index contributed by atoms with van der Waals surface area (Å²) in [5, 5.41) is 3.47. The van der Waals surface area contributed by atoms with Gasteiger partial charge in [0.15, 0.2) is 11.5 Å². The third kappa shape index (κ3) is 4.82. The van der Waals surface area contributed by atoms with E-state index >= 15 is 0 Å². The summed E-state index contributed by atoms with van der Waals surface area (Å²) in [4.78, 5) is 2.35. The molecule has 0 atom stereocenters. The van der Waals surface area contributed by atoms with Gasteiger partial charge in [-0.25, -0.2) is 0 Å². The van der Waals surface area contributed by atoms with Crippen LogP contribution in [0.5, 0.6) is 11.5 Å². The van der Waals surface area contributed by atoms with Gasteiger partial charge in [0.05, 0.1) is 26.9 Å². The molecular weight excluding hydrogens is 328 g/mol. The highest BCUT2D eigenvalue weighted by molar-refractivity contribution is 5.55. The highest BCUT2D eigenvalue weighted by Crippen LogP contribution is 2.28. The first-order chi connectivity index (χ1) is 12.8. The third-order valence-electron chi connectivity index (χ3n) is 4.43. The van der Waals surface area contributed by atoms with Gasteiger partial charge >= 0.3 is 0 Å². The monoisotopic (exact) mass is 356 g/mol. The number of methoxy groups -OCH3 is 1. The quantitative estimate of drug-likeness (QED) is 0.776. The van der Waals surface area contributed by atoms with Gasteiger partial charge in [0, 0.05) is 31.0 Å². The van der Waals surface area contributed by atoms with Crippen molar-refractivity contribution in [2.45, 2.75) is 19.9 Å². The number of hydrogen-bond acceptors (Lipinski definition) is 5. The Morgan fingerprint density at radius 3 is 2.50 bits per heavy atom. The van der Waals surface area contributed by atoms with Crippen molar-refractivity contribution in [3.63, 3.8) is 0 Å². The van der Waals surface area contributed by atoms with Crippen molar-refractivity contribution in [2.75, 3.05) is 50.2 Å². The lowest BCUT2D eigenvalue weighted by atomic mass is 10.2. The second-order valence-corrected chi connectivity index (χ2v) is 6.33. The number of nitrogens with one attached hydrogen (secondary N) is 1. The molecule has 3 rings (SSSR count). The smallest absolute Gasteiger partial charge is 0.161 e. The first kappa shape index (κ1) is 18.4. The molecule has 1 N–H and O–H groups in total. The maximum Gasteiger partial charge on any atom is 0.161 e. The van der Waals surface area contributed by atoms with Crippen LogP contribution in [-0.4, -0.2) is 40.0 Å². The summed E-state index contributed by atoms with van der Waals surface area (Å²) in [5.41, 5.74) is 3.51. The number of anilines is 2. The minimum Gasteiger partial charge on any atom is -0.493 e. The van der Waals surface area contributed by atoms with Crippen LogP contribution < -0.4 is 19.7 Å². The minimum absolute atomic E-state index is 0.698. The lowest BCUT2D eigenvalue weighted by Gasteiger charge is -2.28. The number of rotatable bonds is 8. The van der Waals surface area contributed by atoms with Crippen molar-refractivity contribution in [3.05, 3.63) is 48.0 Å². The maximum atomic E-state index is 5.71. The third-order valence-corrected chi connectivity index (χ3v) is 4.43. The van der Waals surface area contributed by atoms with E-state index in [-0.39, 0.29) is 0 Å². The summed E-state index contributed by atoms with van der Waals surface area (Å²) < 4.78 is 16.6. The van der Waals surface area contributed by atoms with Gasteiger partial charge in [-0.2, -0.15) is 0 Å². The van der Waals surface area contributed by atoms with E-state index in [0.717, 1.165) is 62.0 Å². The molecule has 5 heteroatoms. The molecule has 1 fully saturated rings. The molecule has 140 valence electrons. The van der Waals surface area contributed by atoms with E-state index in [2.05, 4.69) is 47.5 Å². The van der Waals surface area contributed by atoms with Crippen LogP contribution in [0.2, 0.25) is 0 Å². The summed E-state index contributed by atoms with van der Waals surface area (Å²) in [6.45, 7) is 7.05. The van der Waals surface area contributed by atoms with Crippen LogP contribution in [-0.2, 0) is 11.3 Å². The van der Waals surface area contributed by atoms with Crippen molar-refractivity contribution in [1.82, 2.24) is 0 Å². The Morgan fingerprint density at radius 2 is 1.81 bits per heavy atom. The molecule has 1 aliphatic rings. The first-order valence-electron chi connectivity index (χ1n) is 9.26. The van der Waals surface area contributed by atoms with Crippen LogP contribution in [0.1, 0.15) is 18.9 Å². The summed E-state index contributed by atoms with van der Waals surface area (Å²) in [5.74, 6) is 1.58. The second kappa shape index (κ2) is 9.34. The zero-order chi connectivity index (χ0) is 18.2. The lowest BCUT2D eigenvalue weighted by molar-refractivity contribution is 0.122. The number of benzene rings is 2. The summed E-state index contributed by atoms with van der Waals surface area (Å²) in [7, 11) is 1.68. The Hall–Kier alpha value is -2.40. The molecule has 0 spiro atoms. The normalized spacial score (nSPS) is 14.2. The molecule has 2 aromatic rings. The van der Waals surface area contributed by atoms with E-state index in [0.29, 0.717) is 6.61 Å². The van der Waals surface area contributed by atoms with Crippen molar-refractivity contribution in [1.29, 1.82) is 0 Å². The Bertz CT molecular complexity index is 682. The molecule has 0 bridgehead atoms. The van der Waals surface area contributed by atoms with Gasteiger partial charge in [0.1, 0.15) is 0 Å². The fraction of sp³-hybridized carbons (Fsp3) is 0.429. The van der Waals surface area contributed by atoms with Gasteiger partial charge in [-0.1, -0.05) is 13.0 Å². The van der Waals surface area contributed by atoms with Gasteiger partial charge < -0.3 is 24.4 Å². The fourth-order valence-electron chi connectivity index (χ4n) is 2.97. The fourth-order valence-corrected chi connectivity index (χ4v) is 2.97. The Morgan fingerprint density at radius 1 is 1.04 bits per heavy atom. The molecule has 5 nitrogen and oxygen atoms in total. The number of morpholine rings is 1. The molecule has 0 unspecified atom stereocenters. The predicted molar refractivity (Wildman–Crippen MR) is 106 cm³/mol. The largest absolute Gasteiger partial charge is 0.493 e. The Labute approximate surface area is 155 Å². The number of hydrogen-bond donors (Lipinski definition) is 1. The van der Waals surface area contributed by atoms with Crippen LogP contribution in [0.3, 0.4) is 0 Å². The van der Waals surface area contributed by atoms with Gasteiger partial charge in [-0.15, -0.1) is 0 Å². The van der Waals surface area contributed by atoms with E-state index in [1.54, 1.807) is 7.11 Å². The molecule has 1 saturated heterocycles. The molecule has 0 aliphatic carbocycles. The Kier molecular flexibility index (Phi) is 6.61. The molecule has 0 radical (unpaired) electrons. The summed E-state index contributed by atoms with van der Waals surface area (Å²) >= 11 is 0. The van der Waals surface area contributed by atoms with Gasteiger partial charge in [-0.05, 0) is 48.4 Å². The lowest BCUT2D eigenvalue weighted by Crippen LogP contribution is -2.36. The van der Waals surface area contributed by atoms with Gasteiger partial charge in [-0.3, -0.25) is 0 Å². The highest BCUT2D eigenvalue weighted by Gasteiger charge is 2.11. The van der Waals surface area contributed by atoms with Gasteiger partial charge in [0.25, 0.3) is 0 Å². The van der Waals surface area contributed by atoms with Crippen molar-refractivity contribution in [3.8, 4) is 11.5 Å². The number of ether oxygens (including phenoxy) is 3. The summed E-state index contributed by atoms with van der Waals surface area (Å²) in [6.07, 6.45) is 0.979. The van der Waals surface area contributed by atoms with Gasteiger partial charge in [0.2, 0.25) is 0 Å². The highest BCUT2D eigenvalue weighted by atomic mass is 16.5. The Balaban J connectivity index is 1.58. The molecule has 1 aliphatic heterocycles. The average Bonchev–Trinajstić information content (AvgIpc) is 2.72. The minimum atomic E-state index is 0.698. The van der Waals surface area contributed by atoms with E-state index in [1.165, 1.54) is 5.69 Å². The number of nitrogens with zero attached hydrogens (tertiary/aromatic N) is 1. The molecule has 1 heterocycles. The molecule has 0 amide bonds. The van der Waals surface area contributed by atoms with E-state index in [1.807, 2.05) is 12.1 Å². The first-order valence-corrected chi connectivity index (χ1v) is 9.26. The zero-order valence-electron chi connectivity index (χ0n) is 15.7. The van der Waals surface area contributed by atoms with Crippen LogP contribution in [0, 0.1) is 0 Å².